The predicted octanol–water partition coefficient (Wildman–Crippen LogP) is 3.75. The smallest absolute Gasteiger partial charge is 0.243 e. The zero-order chi connectivity index (χ0) is 17.9. The summed E-state index contributed by atoms with van der Waals surface area (Å²) in [5, 5.41) is 0. The molecular formula is C20H25NO3S. The maximum absolute atomic E-state index is 13.1. The van der Waals surface area contributed by atoms with Crippen molar-refractivity contribution in [1.82, 2.24) is 4.31 Å². The summed E-state index contributed by atoms with van der Waals surface area (Å²) in [6, 6.07) is 16.9. The molecule has 0 N–H and O–H groups in total. The second-order valence-corrected chi connectivity index (χ2v) is 8.57. The van der Waals surface area contributed by atoms with Gasteiger partial charge in [0.2, 0.25) is 10.0 Å². The monoisotopic (exact) mass is 359 g/mol. The molecule has 1 fully saturated rings. The third kappa shape index (κ3) is 4.11. The van der Waals surface area contributed by atoms with E-state index < -0.39 is 10.0 Å². The van der Waals surface area contributed by atoms with Crippen LogP contribution in [-0.2, 0) is 21.4 Å². The molecule has 1 aliphatic heterocycles. The fraction of sp³-hybridized carbons (Fsp3) is 0.400. The highest BCUT2D eigenvalue weighted by Gasteiger charge is 2.40. The molecule has 1 heterocycles. The molecule has 0 bridgehead atoms. The zero-order valence-electron chi connectivity index (χ0n) is 14.8. The van der Waals surface area contributed by atoms with E-state index >= 15 is 0 Å². The number of ether oxygens (including phenoxy) is 1. The van der Waals surface area contributed by atoms with Gasteiger partial charge in [0.05, 0.1) is 18.1 Å². The van der Waals surface area contributed by atoms with Gasteiger partial charge in [0, 0.05) is 12.1 Å². The topological polar surface area (TPSA) is 46.6 Å². The Hall–Kier alpha value is -1.69. The van der Waals surface area contributed by atoms with Crippen LogP contribution in [0.5, 0.6) is 0 Å². The summed E-state index contributed by atoms with van der Waals surface area (Å²) in [4.78, 5) is 0.361. The molecule has 2 atom stereocenters. The van der Waals surface area contributed by atoms with Crippen molar-refractivity contribution in [2.24, 2.45) is 0 Å². The molecule has 3 rings (SSSR count). The second kappa shape index (κ2) is 7.68. The number of sulfonamides is 1. The Kier molecular flexibility index (Phi) is 5.57. The maximum atomic E-state index is 13.1. The SMILES string of the molecule is Cc1ccc(S(=O)(=O)N2[C@H](COCc3ccccc3)CC[C@@H]2C)cc1. The van der Waals surface area contributed by atoms with Crippen LogP contribution in [0.25, 0.3) is 0 Å². The Labute approximate surface area is 150 Å². The highest BCUT2D eigenvalue weighted by molar-refractivity contribution is 7.89. The van der Waals surface area contributed by atoms with E-state index in [0.717, 1.165) is 24.0 Å². The van der Waals surface area contributed by atoms with E-state index in [1.54, 1.807) is 16.4 Å². The largest absolute Gasteiger partial charge is 0.375 e. The fourth-order valence-corrected chi connectivity index (χ4v) is 5.22. The Bertz CT molecular complexity index is 787. The number of hydrogen-bond donors (Lipinski definition) is 0. The fourth-order valence-electron chi connectivity index (χ4n) is 3.36. The van der Waals surface area contributed by atoms with Gasteiger partial charge in [0.25, 0.3) is 0 Å². The van der Waals surface area contributed by atoms with E-state index in [0.29, 0.717) is 18.1 Å². The van der Waals surface area contributed by atoms with Gasteiger partial charge in [-0.3, -0.25) is 0 Å². The van der Waals surface area contributed by atoms with Crippen molar-refractivity contribution in [2.45, 2.75) is 50.3 Å². The van der Waals surface area contributed by atoms with Crippen molar-refractivity contribution in [3.8, 4) is 0 Å². The van der Waals surface area contributed by atoms with Gasteiger partial charge in [0.1, 0.15) is 0 Å². The van der Waals surface area contributed by atoms with Crippen LogP contribution < -0.4 is 0 Å². The Morgan fingerprint density at radius 2 is 1.72 bits per heavy atom. The quantitative estimate of drug-likeness (QED) is 0.789. The van der Waals surface area contributed by atoms with E-state index in [1.807, 2.05) is 56.3 Å². The molecule has 0 unspecified atom stereocenters. The van der Waals surface area contributed by atoms with Crippen LogP contribution in [0.3, 0.4) is 0 Å². The summed E-state index contributed by atoms with van der Waals surface area (Å²) < 4.78 is 33.6. The van der Waals surface area contributed by atoms with Crippen LogP contribution in [0.1, 0.15) is 30.9 Å². The molecule has 1 saturated heterocycles. The van der Waals surface area contributed by atoms with E-state index in [1.165, 1.54) is 0 Å². The molecule has 4 nitrogen and oxygen atoms in total. The highest BCUT2D eigenvalue weighted by Crippen LogP contribution is 2.31. The Balaban J connectivity index is 1.70. The summed E-state index contributed by atoms with van der Waals surface area (Å²) >= 11 is 0. The van der Waals surface area contributed by atoms with Crippen LogP contribution >= 0.6 is 0 Å². The first kappa shape index (κ1) is 18.1. The van der Waals surface area contributed by atoms with Crippen LogP contribution in [-0.4, -0.2) is 31.4 Å². The van der Waals surface area contributed by atoms with Crippen LogP contribution in [0.15, 0.2) is 59.5 Å². The van der Waals surface area contributed by atoms with E-state index in [2.05, 4.69) is 0 Å². The highest BCUT2D eigenvalue weighted by atomic mass is 32.2. The summed E-state index contributed by atoms with van der Waals surface area (Å²) in [5.41, 5.74) is 2.15. The molecule has 5 heteroatoms. The minimum atomic E-state index is -3.50. The van der Waals surface area contributed by atoms with Crippen LogP contribution in [0.4, 0.5) is 0 Å². The van der Waals surface area contributed by atoms with E-state index in [9.17, 15) is 8.42 Å². The van der Waals surface area contributed by atoms with Crippen molar-refractivity contribution >= 4 is 10.0 Å². The van der Waals surface area contributed by atoms with Crippen LogP contribution in [0, 0.1) is 6.92 Å². The first-order valence-electron chi connectivity index (χ1n) is 8.70. The number of hydrogen-bond acceptors (Lipinski definition) is 3. The zero-order valence-corrected chi connectivity index (χ0v) is 15.6. The minimum Gasteiger partial charge on any atom is -0.375 e. The lowest BCUT2D eigenvalue weighted by Gasteiger charge is -2.27. The molecule has 134 valence electrons. The first-order chi connectivity index (χ1) is 12.0. The maximum Gasteiger partial charge on any atom is 0.243 e. The molecular weight excluding hydrogens is 334 g/mol. The lowest BCUT2D eigenvalue weighted by atomic mass is 10.2. The Morgan fingerprint density at radius 1 is 1.04 bits per heavy atom. The van der Waals surface area contributed by atoms with Gasteiger partial charge >= 0.3 is 0 Å². The lowest BCUT2D eigenvalue weighted by Crippen LogP contribution is -2.42. The number of nitrogens with zero attached hydrogens (tertiary/aromatic N) is 1. The van der Waals surface area contributed by atoms with Crippen LogP contribution in [0.2, 0.25) is 0 Å². The van der Waals surface area contributed by atoms with Crippen molar-refractivity contribution in [2.75, 3.05) is 6.61 Å². The van der Waals surface area contributed by atoms with E-state index in [4.69, 9.17) is 4.74 Å². The molecule has 1 aliphatic rings. The summed E-state index contributed by atoms with van der Waals surface area (Å²) in [7, 11) is -3.50. The van der Waals surface area contributed by atoms with Crippen molar-refractivity contribution in [3.05, 3.63) is 65.7 Å². The van der Waals surface area contributed by atoms with Gasteiger partial charge in [-0.15, -0.1) is 0 Å². The van der Waals surface area contributed by atoms with Gasteiger partial charge in [-0.1, -0.05) is 48.0 Å². The van der Waals surface area contributed by atoms with Gasteiger partial charge in [0.15, 0.2) is 0 Å². The molecule has 0 aromatic heterocycles. The average molecular weight is 359 g/mol. The summed E-state index contributed by atoms with van der Waals surface area (Å²) in [5.74, 6) is 0. The third-order valence-corrected chi connectivity index (χ3v) is 6.81. The van der Waals surface area contributed by atoms with Gasteiger partial charge in [-0.25, -0.2) is 8.42 Å². The first-order valence-corrected chi connectivity index (χ1v) is 10.1. The number of benzene rings is 2. The Morgan fingerprint density at radius 3 is 2.40 bits per heavy atom. The van der Waals surface area contributed by atoms with Gasteiger partial charge in [-0.05, 0) is 44.4 Å². The molecule has 0 saturated carbocycles. The van der Waals surface area contributed by atoms with Crippen molar-refractivity contribution < 1.29 is 13.2 Å². The molecule has 0 spiro atoms. The summed E-state index contributed by atoms with van der Waals surface area (Å²) in [6.45, 7) is 4.85. The summed E-state index contributed by atoms with van der Waals surface area (Å²) in [6.07, 6.45) is 1.70. The predicted molar refractivity (Wildman–Crippen MR) is 98.8 cm³/mol. The van der Waals surface area contributed by atoms with Gasteiger partial charge in [-0.2, -0.15) is 4.31 Å². The molecule has 0 aliphatic carbocycles. The normalized spacial score (nSPS) is 21.5. The van der Waals surface area contributed by atoms with Crippen molar-refractivity contribution in [3.63, 3.8) is 0 Å². The molecule has 0 radical (unpaired) electrons. The number of aryl methyl sites for hydroxylation is 1. The lowest BCUT2D eigenvalue weighted by molar-refractivity contribution is 0.0835. The molecule has 2 aromatic rings. The second-order valence-electron chi connectivity index (χ2n) is 6.73. The number of rotatable bonds is 6. The van der Waals surface area contributed by atoms with Gasteiger partial charge < -0.3 is 4.74 Å². The average Bonchev–Trinajstić information content (AvgIpc) is 2.98. The van der Waals surface area contributed by atoms with E-state index in [-0.39, 0.29) is 12.1 Å². The van der Waals surface area contributed by atoms with Crippen molar-refractivity contribution in [1.29, 1.82) is 0 Å². The standard InChI is InChI=1S/C20H25NO3S/c1-16-8-12-20(13-9-16)25(22,23)21-17(2)10-11-19(21)15-24-14-18-6-4-3-5-7-18/h3-9,12-13,17,19H,10-11,14-15H2,1-2H3/t17-,19-/m0/s1. The molecule has 25 heavy (non-hydrogen) atoms. The minimum absolute atomic E-state index is 0.00312. The molecule has 2 aromatic carbocycles. The third-order valence-electron chi connectivity index (χ3n) is 4.73. The molecule has 0 amide bonds.